The number of halogens is 1. The Morgan fingerprint density at radius 3 is 2.62 bits per heavy atom. The summed E-state index contributed by atoms with van der Waals surface area (Å²) in [6.45, 7) is 10.4. The molecule has 0 bridgehead atoms. The van der Waals surface area contributed by atoms with Crippen LogP contribution in [-0.2, 0) is 13.6 Å². The Morgan fingerprint density at radius 1 is 1.29 bits per heavy atom. The summed E-state index contributed by atoms with van der Waals surface area (Å²) >= 11 is 0. The summed E-state index contributed by atoms with van der Waals surface area (Å²) in [6.07, 6.45) is 5.42. The van der Waals surface area contributed by atoms with Gasteiger partial charge in [0.25, 0.3) is 0 Å². The van der Waals surface area contributed by atoms with Crippen LogP contribution in [0.5, 0.6) is 0 Å². The molecule has 7 nitrogen and oxygen atoms in total. The highest BCUT2D eigenvalue weighted by atomic mass is 127. The maximum Gasteiger partial charge on any atom is 0.191 e. The first-order chi connectivity index (χ1) is 11.2. The predicted molar refractivity (Wildman–Crippen MR) is 109 cm³/mol. The number of aryl methyl sites for hydroxylation is 1. The number of rotatable bonds is 7. The fourth-order valence-electron chi connectivity index (χ4n) is 2.94. The summed E-state index contributed by atoms with van der Waals surface area (Å²) in [5.41, 5.74) is 0. The van der Waals surface area contributed by atoms with Gasteiger partial charge in [-0.25, -0.2) is 9.98 Å². The van der Waals surface area contributed by atoms with Gasteiger partial charge in [0.15, 0.2) is 5.96 Å². The van der Waals surface area contributed by atoms with Gasteiger partial charge in [-0.2, -0.15) is 5.10 Å². The zero-order valence-electron chi connectivity index (χ0n) is 15.2. The number of hydrogen-bond donors (Lipinski definition) is 2. The fourth-order valence-corrected chi connectivity index (χ4v) is 2.94. The first-order valence-electron chi connectivity index (χ1n) is 8.80. The summed E-state index contributed by atoms with van der Waals surface area (Å²) in [5.74, 6) is 2.57. The number of piperidine rings is 1. The normalized spacial score (nSPS) is 16.7. The molecule has 1 aliphatic rings. The largest absolute Gasteiger partial charge is 0.357 e. The van der Waals surface area contributed by atoms with Gasteiger partial charge in [0.1, 0.15) is 18.7 Å². The zero-order valence-corrected chi connectivity index (χ0v) is 17.5. The Bertz CT molecular complexity index is 481. The molecular weight excluding hydrogens is 417 g/mol. The quantitative estimate of drug-likeness (QED) is 0.376. The molecule has 1 aliphatic heterocycles. The average Bonchev–Trinajstić information content (AvgIpc) is 2.98. The topological polar surface area (TPSA) is 70.4 Å². The maximum atomic E-state index is 4.59. The van der Waals surface area contributed by atoms with Gasteiger partial charge in [-0.1, -0.05) is 6.92 Å². The first kappa shape index (κ1) is 21.1. The molecule has 1 aromatic rings. The minimum absolute atomic E-state index is 0. The highest BCUT2D eigenvalue weighted by Gasteiger charge is 2.17. The number of hydrogen-bond acceptors (Lipinski definition) is 4. The van der Waals surface area contributed by atoms with E-state index in [1.807, 2.05) is 7.05 Å². The van der Waals surface area contributed by atoms with Crippen LogP contribution in [0.2, 0.25) is 0 Å². The molecule has 138 valence electrons. The molecule has 0 radical (unpaired) electrons. The summed E-state index contributed by atoms with van der Waals surface area (Å²) < 4.78 is 1.76. The Morgan fingerprint density at radius 2 is 2.04 bits per heavy atom. The number of aromatic nitrogens is 3. The van der Waals surface area contributed by atoms with Crippen molar-refractivity contribution < 1.29 is 0 Å². The van der Waals surface area contributed by atoms with Crippen LogP contribution in [0, 0.1) is 5.92 Å². The van der Waals surface area contributed by atoms with Crippen LogP contribution in [0.1, 0.15) is 38.9 Å². The van der Waals surface area contributed by atoms with Crippen LogP contribution in [-0.4, -0.2) is 58.3 Å². The van der Waals surface area contributed by atoms with Crippen molar-refractivity contribution in [3.63, 3.8) is 0 Å². The van der Waals surface area contributed by atoms with Gasteiger partial charge in [-0.15, -0.1) is 24.0 Å². The average molecular weight is 449 g/mol. The van der Waals surface area contributed by atoms with Gasteiger partial charge in [-0.3, -0.25) is 4.68 Å². The van der Waals surface area contributed by atoms with E-state index < -0.39 is 0 Å². The summed E-state index contributed by atoms with van der Waals surface area (Å²) in [7, 11) is 1.89. The molecule has 0 spiro atoms. The minimum Gasteiger partial charge on any atom is -0.357 e. The zero-order chi connectivity index (χ0) is 16.5. The second-order valence-corrected chi connectivity index (χ2v) is 6.09. The van der Waals surface area contributed by atoms with E-state index >= 15 is 0 Å². The Hall–Kier alpha value is -0.900. The molecule has 0 saturated carbocycles. The number of likely N-dealkylation sites (tertiary alicyclic amines) is 1. The van der Waals surface area contributed by atoms with Crippen LogP contribution < -0.4 is 10.6 Å². The van der Waals surface area contributed by atoms with Crippen LogP contribution in [0.15, 0.2) is 11.3 Å². The van der Waals surface area contributed by atoms with Gasteiger partial charge in [0.2, 0.25) is 0 Å². The van der Waals surface area contributed by atoms with E-state index in [-0.39, 0.29) is 24.0 Å². The molecule has 1 fully saturated rings. The fraction of sp³-hybridized carbons (Fsp3) is 0.812. The van der Waals surface area contributed by atoms with Crippen molar-refractivity contribution >= 4 is 29.9 Å². The molecule has 2 N–H and O–H groups in total. The molecule has 0 aliphatic carbocycles. The third-order valence-electron chi connectivity index (χ3n) is 4.53. The smallest absolute Gasteiger partial charge is 0.191 e. The van der Waals surface area contributed by atoms with Gasteiger partial charge in [-0.05, 0) is 51.7 Å². The molecule has 1 aromatic heterocycles. The van der Waals surface area contributed by atoms with Crippen molar-refractivity contribution in [1.29, 1.82) is 0 Å². The molecule has 0 amide bonds. The van der Waals surface area contributed by atoms with Gasteiger partial charge in [0, 0.05) is 20.1 Å². The lowest BCUT2D eigenvalue weighted by Crippen LogP contribution is -2.39. The number of aliphatic imine (C=N–C) groups is 1. The van der Waals surface area contributed by atoms with Crippen LogP contribution >= 0.6 is 24.0 Å². The number of nitrogens with zero attached hydrogens (tertiary/aromatic N) is 5. The monoisotopic (exact) mass is 449 g/mol. The van der Waals surface area contributed by atoms with E-state index in [4.69, 9.17) is 0 Å². The van der Waals surface area contributed by atoms with E-state index in [0.717, 1.165) is 30.8 Å². The summed E-state index contributed by atoms with van der Waals surface area (Å²) in [6, 6.07) is 0. The molecule has 1 saturated heterocycles. The second kappa shape index (κ2) is 11.6. The van der Waals surface area contributed by atoms with Crippen LogP contribution in [0.25, 0.3) is 0 Å². The lowest BCUT2D eigenvalue weighted by atomic mass is 9.93. The molecular formula is C16H32IN7. The molecule has 0 atom stereocenters. The highest BCUT2D eigenvalue weighted by Crippen LogP contribution is 2.19. The van der Waals surface area contributed by atoms with Crippen molar-refractivity contribution in [3.8, 4) is 0 Å². The van der Waals surface area contributed by atoms with Crippen LogP contribution in [0.4, 0.5) is 0 Å². The Labute approximate surface area is 162 Å². The standard InChI is InChI=1S/C16H31N7.HI/c1-4-17-16(19-12-15-20-13-21-22(15)3)18-9-6-14-7-10-23(5-2)11-8-14;/h13-14H,4-12H2,1-3H3,(H2,17,18,19);1H. The van der Waals surface area contributed by atoms with E-state index in [1.54, 1.807) is 11.0 Å². The molecule has 0 unspecified atom stereocenters. The second-order valence-electron chi connectivity index (χ2n) is 6.09. The van der Waals surface area contributed by atoms with Gasteiger partial charge in [0.05, 0.1) is 0 Å². The third kappa shape index (κ3) is 6.92. The van der Waals surface area contributed by atoms with E-state index in [1.165, 1.54) is 38.9 Å². The van der Waals surface area contributed by atoms with Crippen LogP contribution in [0.3, 0.4) is 0 Å². The van der Waals surface area contributed by atoms with Crippen molar-refractivity contribution in [3.05, 3.63) is 12.2 Å². The van der Waals surface area contributed by atoms with E-state index in [2.05, 4.69) is 44.5 Å². The Balaban J connectivity index is 0.00000288. The third-order valence-corrected chi connectivity index (χ3v) is 4.53. The van der Waals surface area contributed by atoms with Gasteiger partial charge >= 0.3 is 0 Å². The molecule has 8 heteroatoms. The van der Waals surface area contributed by atoms with E-state index in [9.17, 15) is 0 Å². The first-order valence-corrected chi connectivity index (χ1v) is 8.80. The molecule has 24 heavy (non-hydrogen) atoms. The SMILES string of the molecule is CCNC(=NCc1ncnn1C)NCCC1CCN(CC)CC1.I. The van der Waals surface area contributed by atoms with Crippen molar-refractivity contribution in [2.75, 3.05) is 32.7 Å². The maximum absolute atomic E-state index is 4.59. The summed E-state index contributed by atoms with van der Waals surface area (Å²) in [5, 5.41) is 10.8. The lowest BCUT2D eigenvalue weighted by molar-refractivity contribution is 0.187. The number of nitrogens with one attached hydrogen (secondary N) is 2. The minimum atomic E-state index is 0. The molecule has 2 heterocycles. The molecule has 0 aromatic carbocycles. The number of guanidine groups is 1. The van der Waals surface area contributed by atoms with Crippen molar-refractivity contribution in [2.24, 2.45) is 18.0 Å². The van der Waals surface area contributed by atoms with Crippen molar-refractivity contribution in [1.82, 2.24) is 30.3 Å². The van der Waals surface area contributed by atoms with Gasteiger partial charge < -0.3 is 15.5 Å². The lowest BCUT2D eigenvalue weighted by Gasteiger charge is -2.31. The summed E-state index contributed by atoms with van der Waals surface area (Å²) in [4.78, 5) is 11.3. The Kier molecular flexibility index (Phi) is 10.2. The van der Waals surface area contributed by atoms with E-state index in [0.29, 0.717) is 6.54 Å². The highest BCUT2D eigenvalue weighted by molar-refractivity contribution is 14.0. The molecule has 2 rings (SSSR count). The predicted octanol–water partition coefficient (Wildman–Crippen LogP) is 1.61. The van der Waals surface area contributed by atoms with Crippen molar-refractivity contribution in [2.45, 2.75) is 39.7 Å².